The van der Waals surface area contributed by atoms with E-state index in [9.17, 15) is 15.8 Å². The van der Waals surface area contributed by atoms with Gasteiger partial charge in [-0.05, 0) is 203 Å². The lowest BCUT2D eigenvalue weighted by Crippen LogP contribution is -2.20. The third-order valence-electron chi connectivity index (χ3n) is 20.5. The molecule has 2 aliphatic rings. The molecule has 18 aromatic rings. The van der Waals surface area contributed by atoms with Crippen molar-refractivity contribution in [3.8, 4) is 63.2 Å². The van der Waals surface area contributed by atoms with Crippen molar-refractivity contribution in [3.63, 3.8) is 0 Å². The van der Waals surface area contributed by atoms with Crippen LogP contribution in [0.4, 0.5) is 11.4 Å². The molecule has 14 aromatic carbocycles. The molecule has 11 nitrogen and oxygen atoms in total. The maximum atomic E-state index is 15.6. The number of nitrogens with zero attached hydrogens (tertiary/aromatic N) is 9. The Labute approximate surface area is 584 Å². The molecule has 102 heavy (non-hydrogen) atoms. The van der Waals surface area contributed by atoms with Gasteiger partial charge in [0.05, 0.1) is 92.2 Å². The van der Waals surface area contributed by atoms with Crippen molar-refractivity contribution >= 4 is 145 Å². The van der Waals surface area contributed by atoms with Crippen LogP contribution in [-0.4, -0.2) is 18.3 Å². The molecule has 0 amide bonds. The van der Waals surface area contributed by atoms with Gasteiger partial charge in [-0.25, -0.2) is 9.69 Å². The summed E-state index contributed by atoms with van der Waals surface area (Å²) < 4.78 is 40.0. The van der Waals surface area contributed by atoms with Gasteiger partial charge in [-0.1, -0.05) is 127 Å². The van der Waals surface area contributed by atoms with Crippen LogP contribution < -0.4 is 31.8 Å². The van der Waals surface area contributed by atoms with Crippen molar-refractivity contribution in [2.24, 2.45) is 0 Å². The highest BCUT2D eigenvalue weighted by molar-refractivity contribution is 7.87. The van der Waals surface area contributed by atoms with Gasteiger partial charge in [0.15, 0.2) is 25.7 Å². The van der Waals surface area contributed by atoms with Crippen molar-refractivity contribution in [3.05, 3.63) is 337 Å². The quantitative estimate of drug-likeness (QED) is 0.121. The fourth-order valence-electron chi connectivity index (χ4n) is 16.1. The highest BCUT2D eigenvalue weighted by Crippen LogP contribution is 2.55. The van der Waals surface area contributed by atoms with Crippen LogP contribution >= 0.6 is 14.3 Å². The van der Waals surface area contributed by atoms with Crippen LogP contribution in [0.25, 0.3) is 142 Å². The minimum Gasteiger partial charge on any atom is -0.309 e. The van der Waals surface area contributed by atoms with Gasteiger partial charge in [0.2, 0.25) is 0 Å². The molecule has 0 N–H and O–H groups in total. The second kappa shape index (κ2) is 22.6. The molecule has 472 valence electrons. The molecule has 13 heteroatoms. The Balaban J connectivity index is 0.000000141. The Morgan fingerprint density at radius 3 is 0.824 bits per heavy atom. The first-order chi connectivity index (χ1) is 50.1. The third-order valence-corrected chi connectivity index (χ3v) is 26.9. The SMILES string of the molecule is [C-]#[N+]c1ccc2c(c1)c1cc(C#N)ccc1n2-c1ccc2c(c1)-c1cc(-n3c4ccccc4c4cc(C#N)ccc43)ccc1P2(=O)c1ccccc1.[C-]#[N+]c1ccc2c(c1)c1ccccc1n2-c1ccc2c(c1)-c1cc(-n3c4ccccc4c4cc(C#N)ccc43)ccc1P2(=O)c1ccccc1. The number of nitriles is 3. The predicted molar refractivity (Wildman–Crippen MR) is 414 cm³/mol. The molecule has 2 unspecified atom stereocenters. The molecule has 20 rings (SSSR count). The normalized spacial score (nSPS) is 14.8. The van der Waals surface area contributed by atoms with Crippen LogP contribution in [0.2, 0.25) is 0 Å². The van der Waals surface area contributed by atoms with Crippen molar-refractivity contribution in [2.75, 3.05) is 0 Å². The molecular formula is C89H49N9O2P2. The van der Waals surface area contributed by atoms with Gasteiger partial charge in [0.1, 0.15) is 0 Å². The minimum absolute atomic E-state index is 0.530. The van der Waals surface area contributed by atoms with Crippen molar-refractivity contribution in [1.29, 1.82) is 15.8 Å². The smallest absolute Gasteiger partial charge is 0.188 e. The van der Waals surface area contributed by atoms with Gasteiger partial charge in [0, 0.05) is 86.9 Å². The van der Waals surface area contributed by atoms with Gasteiger partial charge in [-0.2, -0.15) is 15.8 Å². The van der Waals surface area contributed by atoms with Crippen LogP contribution in [0.5, 0.6) is 0 Å². The Morgan fingerprint density at radius 2 is 0.520 bits per heavy atom. The lowest BCUT2D eigenvalue weighted by molar-refractivity contribution is 0.592. The summed E-state index contributed by atoms with van der Waals surface area (Å²) in [6.07, 6.45) is 0. The molecule has 4 aromatic heterocycles. The van der Waals surface area contributed by atoms with Crippen molar-refractivity contribution in [2.45, 2.75) is 0 Å². The van der Waals surface area contributed by atoms with Gasteiger partial charge in [0.25, 0.3) is 0 Å². The van der Waals surface area contributed by atoms with E-state index >= 15 is 9.13 Å². The minimum atomic E-state index is -3.24. The van der Waals surface area contributed by atoms with E-state index in [1.54, 1.807) is 0 Å². The Bertz CT molecular complexity index is 6840. The van der Waals surface area contributed by atoms with Crippen LogP contribution in [0.1, 0.15) is 16.7 Å². The van der Waals surface area contributed by atoms with Crippen LogP contribution in [0, 0.1) is 47.1 Å². The Morgan fingerprint density at radius 1 is 0.265 bits per heavy atom. The number of rotatable bonds is 6. The van der Waals surface area contributed by atoms with Crippen LogP contribution in [0.3, 0.4) is 0 Å². The number of hydrogen-bond acceptors (Lipinski definition) is 5. The van der Waals surface area contributed by atoms with Crippen LogP contribution in [0.15, 0.2) is 297 Å². The summed E-state index contributed by atoms with van der Waals surface area (Å²) in [5.41, 5.74) is 18.3. The maximum Gasteiger partial charge on any atom is 0.188 e. The summed E-state index contributed by atoms with van der Waals surface area (Å²) >= 11 is 0. The number of aromatic nitrogens is 4. The zero-order chi connectivity index (χ0) is 68.7. The summed E-state index contributed by atoms with van der Waals surface area (Å²) in [6, 6.07) is 105. The Kier molecular flexibility index (Phi) is 13.2. The first-order valence-corrected chi connectivity index (χ1v) is 36.6. The number of benzene rings is 14. The van der Waals surface area contributed by atoms with E-state index in [4.69, 9.17) is 13.1 Å². The fourth-order valence-corrected chi connectivity index (χ4v) is 22.1. The summed E-state index contributed by atoms with van der Waals surface area (Å²) in [7, 11) is -6.44. The highest BCUT2D eigenvalue weighted by Gasteiger charge is 2.43. The average Bonchev–Trinajstić information content (AvgIpc) is 1.55. The largest absolute Gasteiger partial charge is 0.309 e. The monoisotopic (exact) mass is 1340 g/mol. The fraction of sp³-hybridized carbons (Fsp3) is 0. The molecular weight excluding hydrogens is 1290 g/mol. The van der Waals surface area contributed by atoms with Gasteiger partial charge >= 0.3 is 0 Å². The summed E-state index contributed by atoms with van der Waals surface area (Å²) in [5.74, 6) is 0. The average molecular weight is 1340 g/mol. The van der Waals surface area contributed by atoms with Gasteiger partial charge < -0.3 is 27.4 Å². The maximum absolute atomic E-state index is 15.6. The van der Waals surface area contributed by atoms with Crippen molar-refractivity contribution < 1.29 is 9.13 Å². The zero-order valence-corrected chi connectivity index (χ0v) is 55.8. The van der Waals surface area contributed by atoms with Gasteiger partial charge in [-0.15, -0.1) is 0 Å². The topological polar surface area (TPSA) is 134 Å². The Hall–Kier alpha value is -13.8. The second-order valence-corrected chi connectivity index (χ2v) is 31.1. The van der Waals surface area contributed by atoms with E-state index in [2.05, 4.69) is 137 Å². The van der Waals surface area contributed by atoms with E-state index in [1.165, 1.54) is 0 Å². The predicted octanol–water partition coefficient (Wildman–Crippen LogP) is 19.7. The number of hydrogen-bond donors (Lipinski definition) is 0. The molecule has 0 radical (unpaired) electrons. The molecule has 6 heterocycles. The highest BCUT2D eigenvalue weighted by atomic mass is 31.2. The van der Waals surface area contributed by atoms with E-state index in [0.717, 1.165) is 164 Å². The lowest BCUT2D eigenvalue weighted by Gasteiger charge is -2.17. The van der Waals surface area contributed by atoms with Crippen LogP contribution in [-0.2, 0) is 9.13 Å². The standard InChI is InChI=1S/C45H24N5OP.C44H25N4OP/c1-48-30-13-18-43-37(23-30)36-22-29(27-47)12-17-42(36)50(43)32-15-20-45-39(25-32)38-24-31(14-19-44(38)52(45,51)33-7-3-2-4-8-33)49-40-10-6-5-9-34(40)35-21-28(26-46)11-16-41(35)49;1-46-29-16-20-42-36(24-29)34-12-6-8-14-40(34)48(42)31-18-22-44-38(26-31)37-25-30(17-21-43(37)50(44,49)32-9-3-2-4-10-32)47-39-13-7-5-11-33(39)35-23-28(27-45)15-19-41(35)47/h2-25H;2-26H. The first-order valence-electron chi connectivity index (χ1n) is 33.2. The lowest BCUT2D eigenvalue weighted by atomic mass is 10.0. The van der Waals surface area contributed by atoms with E-state index in [-0.39, 0.29) is 0 Å². The van der Waals surface area contributed by atoms with Gasteiger partial charge in [-0.3, -0.25) is 0 Å². The van der Waals surface area contributed by atoms with E-state index in [0.29, 0.717) is 28.1 Å². The summed E-state index contributed by atoms with van der Waals surface area (Å²) in [6.45, 7) is 15.3. The van der Waals surface area contributed by atoms with Crippen molar-refractivity contribution in [1.82, 2.24) is 18.3 Å². The summed E-state index contributed by atoms with van der Waals surface area (Å²) in [5, 5.41) is 41.9. The molecule has 0 aliphatic carbocycles. The molecule has 0 saturated carbocycles. The third kappa shape index (κ3) is 8.57. The molecule has 0 bridgehead atoms. The second-order valence-electron chi connectivity index (χ2n) is 25.7. The molecule has 2 aliphatic heterocycles. The first kappa shape index (κ1) is 59.5. The molecule has 0 spiro atoms. The van der Waals surface area contributed by atoms with E-state index in [1.807, 2.05) is 206 Å². The molecule has 0 saturated heterocycles. The zero-order valence-electron chi connectivity index (χ0n) is 54.0. The summed E-state index contributed by atoms with van der Waals surface area (Å²) in [4.78, 5) is 7.37. The van der Waals surface area contributed by atoms with E-state index < -0.39 is 14.3 Å². The number of fused-ring (bicyclic) bond motifs is 18. The molecule has 2 atom stereocenters. The number of para-hydroxylation sites is 3. The molecule has 0 fully saturated rings.